The summed E-state index contributed by atoms with van der Waals surface area (Å²) in [5.74, 6) is -0.962. The van der Waals surface area contributed by atoms with Gasteiger partial charge in [-0.3, -0.25) is 0 Å². The van der Waals surface area contributed by atoms with Crippen LogP contribution in [0.3, 0.4) is 0 Å². The zero-order valence-corrected chi connectivity index (χ0v) is 7.56. The number of hydrogen-bond donors (Lipinski definition) is 1. The maximum absolute atomic E-state index is 10.7. The summed E-state index contributed by atoms with van der Waals surface area (Å²) < 4.78 is 5.07. The number of aliphatic carboxylic acids is 1. The third-order valence-electron chi connectivity index (χ3n) is 1.94. The Morgan fingerprint density at radius 2 is 2.46 bits per heavy atom. The molecule has 1 N–H and O–H groups in total. The lowest BCUT2D eigenvalue weighted by Crippen LogP contribution is -2.31. The summed E-state index contributed by atoms with van der Waals surface area (Å²) in [4.78, 5) is 14.4. The minimum Gasteiger partial charge on any atom is -0.480 e. The number of carboxylic acid groups (broad SMARTS) is 1. The third-order valence-corrected chi connectivity index (χ3v) is 1.94. The fourth-order valence-electron chi connectivity index (χ4n) is 1.29. The highest BCUT2D eigenvalue weighted by molar-refractivity contribution is 5.78. The van der Waals surface area contributed by atoms with Crippen molar-refractivity contribution in [1.82, 2.24) is 0 Å². The van der Waals surface area contributed by atoms with E-state index >= 15 is 0 Å². The Kier molecular flexibility index (Phi) is 3.06. The van der Waals surface area contributed by atoms with E-state index < -0.39 is 18.1 Å². The molecule has 0 bridgehead atoms. The van der Waals surface area contributed by atoms with Crippen molar-refractivity contribution in [1.29, 1.82) is 0 Å². The summed E-state index contributed by atoms with van der Waals surface area (Å²) >= 11 is 0. The fraction of sp³-hybridized carbons (Fsp3) is 0.556. The summed E-state index contributed by atoms with van der Waals surface area (Å²) in [6.07, 6.45) is 2.44. The van der Waals surface area contributed by atoms with Gasteiger partial charge < -0.3 is 9.84 Å². The molecule has 0 aromatic heterocycles. The van der Waals surface area contributed by atoms with E-state index in [1.165, 1.54) is 6.40 Å². The molecule has 0 saturated carbocycles. The molecule has 0 aromatic carbocycles. The van der Waals surface area contributed by atoms with Crippen molar-refractivity contribution in [3.05, 3.63) is 12.2 Å². The van der Waals surface area contributed by atoms with Crippen LogP contribution in [0.1, 0.15) is 19.8 Å². The van der Waals surface area contributed by atoms with Crippen LogP contribution in [0.4, 0.5) is 0 Å². The van der Waals surface area contributed by atoms with Gasteiger partial charge in [0, 0.05) is 0 Å². The lowest BCUT2D eigenvalue weighted by Gasteiger charge is -2.15. The van der Waals surface area contributed by atoms with E-state index in [2.05, 4.69) is 11.6 Å². The Bertz CT molecular complexity index is 247. The smallest absolute Gasteiger partial charge is 0.332 e. The van der Waals surface area contributed by atoms with Crippen LogP contribution in [0.5, 0.6) is 0 Å². The Balaban J connectivity index is 2.61. The minimum absolute atomic E-state index is 0.475. The van der Waals surface area contributed by atoms with Gasteiger partial charge in [0.05, 0.1) is 0 Å². The minimum atomic E-state index is -0.962. The highest BCUT2D eigenvalue weighted by atomic mass is 16.5. The van der Waals surface area contributed by atoms with Crippen LogP contribution in [0.25, 0.3) is 0 Å². The number of nitrogens with zero attached hydrogens (tertiary/aromatic N) is 1. The van der Waals surface area contributed by atoms with E-state index in [4.69, 9.17) is 9.84 Å². The molecule has 1 rings (SSSR count). The quantitative estimate of drug-likeness (QED) is 0.667. The first-order chi connectivity index (χ1) is 6.16. The summed E-state index contributed by atoms with van der Waals surface area (Å²) in [7, 11) is 0. The van der Waals surface area contributed by atoms with Gasteiger partial charge in [0.2, 0.25) is 0 Å². The van der Waals surface area contributed by atoms with Gasteiger partial charge in [0.15, 0.2) is 18.5 Å². The molecule has 1 aliphatic heterocycles. The van der Waals surface area contributed by atoms with Gasteiger partial charge in [-0.2, -0.15) is 0 Å². The average Bonchev–Trinajstić information content (AvgIpc) is 2.52. The first-order valence-corrected chi connectivity index (χ1v) is 4.24. The summed E-state index contributed by atoms with van der Waals surface area (Å²) in [5.41, 5.74) is 0.799. The number of rotatable bonds is 4. The predicted molar refractivity (Wildman–Crippen MR) is 48.8 cm³/mol. The molecule has 4 nitrogen and oxygen atoms in total. The lowest BCUT2D eigenvalue weighted by atomic mass is 10.0. The van der Waals surface area contributed by atoms with Crippen molar-refractivity contribution in [2.24, 2.45) is 4.99 Å². The number of ether oxygens (including phenoxy) is 1. The highest BCUT2D eigenvalue weighted by Gasteiger charge is 2.33. The van der Waals surface area contributed by atoms with E-state index in [-0.39, 0.29) is 0 Å². The molecular weight excluding hydrogens is 170 g/mol. The Morgan fingerprint density at radius 3 is 3.00 bits per heavy atom. The molecule has 72 valence electrons. The highest BCUT2D eigenvalue weighted by Crippen LogP contribution is 2.20. The van der Waals surface area contributed by atoms with E-state index in [0.717, 1.165) is 18.4 Å². The van der Waals surface area contributed by atoms with Crippen molar-refractivity contribution in [3.63, 3.8) is 0 Å². The van der Waals surface area contributed by atoms with Crippen LogP contribution >= 0.6 is 0 Å². The van der Waals surface area contributed by atoms with Crippen molar-refractivity contribution in [2.75, 3.05) is 0 Å². The van der Waals surface area contributed by atoms with Crippen molar-refractivity contribution in [2.45, 2.75) is 31.9 Å². The van der Waals surface area contributed by atoms with Gasteiger partial charge in [-0.05, 0) is 12.0 Å². The second-order valence-corrected chi connectivity index (χ2v) is 3.00. The third kappa shape index (κ3) is 2.08. The van der Waals surface area contributed by atoms with Crippen molar-refractivity contribution >= 4 is 12.4 Å². The van der Waals surface area contributed by atoms with Crippen LogP contribution in [-0.4, -0.2) is 29.6 Å². The molecule has 0 fully saturated rings. The fourth-order valence-corrected chi connectivity index (χ4v) is 1.29. The van der Waals surface area contributed by atoms with Gasteiger partial charge in [0.1, 0.15) is 0 Å². The van der Waals surface area contributed by atoms with Crippen LogP contribution in [0.15, 0.2) is 17.1 Å². The molecule has 1 aliphatic rings. The van der Waals surface area contributed by atoms with Crippen molar-refractivity contribution in [3.8, 4) is 0 Å². The van der Waals surface area contributed by atoms with Gasteiger partial charge in [-0.1, -0.05) is 19.9 Å². The van der Waals surface area contributed by atoms with E-state index in [1.807, 2.05) is 6.92 Å². The zero-order chi connectivity index (χ0) is 9.84. The van der Waals surface area contributed by atoms with Crippen molar-refractivity contribution < 1.29 is 14.6 Å². The van der Waals surface area contributed by atoms with Crippen LogP contribution < -0.4 is 0 Å². The van der Waals surface area contributed by atoms with E-state index in [9.17, 15) is 4.79 Å². The van der Waals surface area contributed by atoms with Crippen LogP contribution in [-0.2, 0) is 9.53 Å². The molecule has 0 aromatic rings. The van der Waals surface area contributed by atoms with Crippen LogP contribution in [0, 0.1) is 0 Å². The average molecular weight is 183 g/mol. The SMILES string of the molecule is C=C(CCC)C1OC=NC1C(=O)O. The normalized spacial score (nSPS) is 25.6. The first kappa shape index (κ1) is 9.77. The first-order valence-electron chi connectivity index (χ1n) is 4.24. The monoisotopic (exact) mass is 183 g/mol. The number of aliphatic imine (C=N–C) groups is 1. The summed E-state index contributed by atoms with van der Waals surface area (Å²) in [6, 6.07) is -0.806. The topological polar surface area (TPSA) is 58.9 Å². The Hall–Kier alpha value is -1.32. The van der Waals surface area contributed by atoms with Gasteiger partial charge in [-0.25, -0.2) is 9.79 Å². The Morgan fingerprint density at radius 1 is 1.77 bits per heavy atom. The number of carboxylic acids is 1. The number of hydrogen-bond acceptors (Lipinski definition) is 3. The molecule has 2 unspecified atom stereocenters. The van der Waals surface area contributed by atoms with E-state index in [0.29, 0.717) is 0 Å². The molecule has 4 heteroatoms. The molecule has 13 heavy (non-hydrogen) atoms. The lowest BCUT2D eigenvalue weighted by molar-refractivity contribution is -0.139. The maximum Gasteiger partial charge on any atom is 0.332 e. The van der Waals surface area contributed by atoms with Gasteiger partial charge in [0.25, 0.3) is 0 Å². The molecule has 2 atom stereocenters. The molecular formula is C9H13NO3. The van der Waals surface area contributed by atoms with Gasteiger partial charge >= 0.3 is 5.97 Å². The van der Waals surface area contributed by atoms with Gasteiger partial charge in [-0.15, -0.1) is 0 Å². The largest absolute Gasteiger partial charge is 0.480 e. The molecule has 1 heterocycles. The maximum atomic E-state index is 10.7. The predicted octanol–water partition coefficient (Wildman–Crippen LogP) is 1.22. The van der Waals surface area contributed by atoms with Crippen LogP contribution in [0.2, 0.25) is 0 Å². The second-order valence-electron chi connectivity index (χ2n) is 3.00. The molecule has 0 saturated heterocycles. The Labute approximate surface area is 76.9 Å². The molecule has 0 spiro atoms. The summed E-state index contributed by atoms with van der Waals surface area (Å²) in [6.45, 7) is 5.80. The molecule has 0 radical (unpaired) electrons. The zero-order valence-electron chi connectivity index (χ0n) is 7.56. The summed E-state index contributed by atoms with van der Waals surface area (Å²) in [5, 5.41) is 8.77. The van der Waals surface area contributed by atoms with E-state index in [1.54, 1.807) is 0 Å². The second kappa shape index (κ2) is 4.07. The molecule has 0 aliphatic carbocycles. The standard InChI is InChI=1S/C9H13NO3/c1-3-4-6(2)8-7(9(11)12)10-5-13-8/h5,7-8H,2-4H2,1H3,(H,11,12). The number of carbonyl (C=O) groups is 1. The molecule has 0 amide bonds.